The molecule has 1 amide bonds. The molecule has 3 aromatic rings. The maximum atomic E-state index is 12.3. The van der Waals surface area contributed by atoms with Crippen LogP contribution in [0.5, 0.6) is 0 Å². The van der Waals surface area contributed by atoms with Crippen LogP contribution in [0.2, 0.25) is 15.1 Å². The average molecular weight is 398 g/mol. The lowest BCUT2D eigenvalue weighted by Crippen LogP contribution is -2.12. The van der Waals surface area contributed by atoms with E-state index in [1.807, 2.05) is 24.3 Å². The van der Waals surface area contributed by atoms with Gasteiger partial charge in [0.05, 0.1) is 10.6 Å². The molecule has 122 valence electrons. The first kappa shape index (κ1) is 17.2. The van der Waals surface area contributed by atoms with Crippen molar-refractivity contribution in [3.8, 4) is 0 Å². The number of rotatable bonds is 4. The van der Waals surface area contributed by atoms with Gasteiger partial charge in [-0.05, 0) is 35.9 Å². The highest BCUT2D eigenvalue weighted by atomic mass is 35.5. The summed E-state index contributed by atoms with van der Waals surface area (Å²) in [5.74, 6) is -0.316. The number of carbonyl (C=O) groups is 1. The third-order valence-corrected chi connectivity index (χ3v) is 4.95. The van der Waals surface area contributed by atoms with E-state index in [-0.39, 0.29) is 5.91 Å². The van der Waals surface area contributed by atoms with E-state index in [0.29, 0.717) is 25.8 Å². The predicted molar refractivity (Wildman–Crippen MR) is 101 cm³/mol. The third kappa shape index (κ3) is 4.28. The Morgan fingerprint density at radius 1 is 1.04 bits per heavy atom. The first-order valence-electron chi connectivity index (χ1n) is 6.97. The van der Waals surface area contributed by atoms with E-state index < -0.39 is 0 Å². The second-order valence-electron chi connectivity index (χ2n) is 5.01. The molecule has 3 rings (SSSR count). The Morgan fingerprint density at radius 3 is 2.46 bits per heavy atom. The molecule has 7 heteroatoms. The number of nitrogens with zero attached hydrogens (tertiary/aromatic N) is 1. The first-order valence-corrected chi connectivity index (χ1v) is 8.92. The second kappa shape index (κ2) is 7.53. The van der Waals surface area contributed by atoms with Gasteiger partial charge in [0.1, 0.15) is 0 Å². The van der Waals surface area contributed by atoms with Gasteiger partial charge in [0.25, 0.3) is 5.91 Å². The number of thiazole rings is 1. The minimum atomic E-state index is -0.316. The standard InChI is InChI=1S/C17H11Cl3N2OS/c18-11-3-1-10(2-4-11)7-13-9-21-17(24-13)22-16(23)14-6-5-12(19)8-15(14)20/h1-6,8-9H,7H2,(H,21,22,23). The maximum Gasteiger partial charge on any atom is 0.258 e. The first-order chi connectivity index (χ1) is 11.5. The number of hydrogen-bond donors (Lipinski definition) is 1. The van der Waals surface area contributed by atoms with Crippen molar-refractivity contribution in [1.29, 1.82) is 0 Å². The molecule has 0 aliphatic rings. The number of aromatic nitrogens is 1. The molecule has 24 heavy (non-hydrogen) atoms. The van der Waals surface area contributed by atoms with Gasteiger partial charge in [-0.2, -0.15) is 0 Å². The van der Waals surface area contributed by atoms with Gasteiger partial charge in [-0.3, -0.25) is 10.1 Å². The van der Waals surface area contributed by atoms with Crippen LogP contribution in [-0.2, 0) is 6.42 Å². The molecule has 0 atom stereocenters. The van der Waals surface area contributed by atoms with Gasteiger partial charge in [-0.15, -0.1) is 11.3 Å². The molecule has 0 saturated carbocycles. The normalized spacial score (nSPS) is 10.6. The molecular formula is C17H11Cl3N2OS. The van der Waals surface area contributed by atoms with E-state index in [0.717, 1.165) is 16.9 Å². The summed E-state index contributed by atoms with van der Waals surface area (Å²) < 4.78 is 0. The van der Waals surface area contributed by atoms with Crippen molar-refractivity contribution in [2.24, 2.45) is 0 Å². The minimum Gasteiger partial charge on any atom is -0.298 e. The van der Waals surface area contributed by atoms with Crippen molar-refractivity contribution < 1.29 is 4.79 Å². The molecule has 1 aromatic heterocycles. The molecular weight excluding hydrogens is 387 g/mol. The summed E-state index contributed by atoms with van der Waals surface area (Å²) in [7, 11) is 0. The Bertz CT molecular complexity index is 878. The zero-order valence-electron chi connectivity index (χ0n) is 12.2. The quantitative estimate of drug-likeness (QED) is 0.591. The van der Waals surface area contributed by atoms with Gasteiger partial charge < -0.3 is 0 Å². The highest BCUT2D eigenvalue weighted by Gasteiger charge is 2.13. The molecule has 1 heterocycles. The topological polar surface area (TPSA) is 42.0 Å². The molecule has 0 bridgehead atoms. The minimum absolute atomic E-state index is 0.304. The van der Waals surface area contributed by atoms with Crippen LogP contribution < -0.4 is 5.32 Å². The number of hydrogen-bond acceptors (Lipinski definition) is 3. The van der Waals surface area contributed by atoms with Crippen LogP contribution in [0.1, 0.15) is 20.8 Å². The van der Waals surface area contributed by atoms with Crippen molar-refractivity contribution in [2.75, 3.05) is 5.32 Å². The van der Waals surface area contributed by atoms with E-state index in [9.17, 15) is 4.79 Å². The molecule has 0 aliphatic heterocycles. The van der Waals surface area contributed by atoms with Gasteiger partial charge in [-0.25, -0.2) is 4.98 Å². The van der Waals surface area contributed by atoms with Gasteiger partial charge in [0.15, 0.2) is 5.13 Å². The molecule has 0 aliphatic carbocycles. The highest BCUT2D eigenvalue weighted by molar-refractivity contribution is 7.15. The Morgan fingerprint density at radius 2 is 1.75 bits per heavy atom. The number of nitrogens with one attached hydrogen (secondary N) is 1. The van der Waals surface area contributed by atoms with E-state index in [1.165, 1.54) is 17.4 Å². The second-order valence-corrected chi connectivity index (χ2v) is 7.41. The zero-order chi connectivity index (χ0) is 17.1. The molecule has 0 radical (unpaired) electrons. The monoisotopic (exact) mass is 396 g/mol. The van der Waals surface area contributed by atoms with Crippen LogP contribution in [0.15, 0.2) is 48.7 Å². The fraction of sp³-hybridized carbons (Fsp3) is 0.0588. The summed E-state index contributed by atoms with van der Waals surface area (Å²) in [5, 5.41) is 4.77. The lowest BCUT2D eigenvalue weighted by Gasteiger charge is -2.04. The van der Waals surface area contributed by atoms with Crippen LogP contribution in [0.25, 0.3) is 0 Å². The third-order valence-electron chi connectivity index (χ3n) is 3.24. The molecule has 2 aromatic carbocycles. The van der Waals surface area contributed by atoms with Crippen LogP contribution in [0.3, 0.4) is 0 Å². The van der Waals surface area contributed by atoms with E-state index in [2.05, 4.69) is 10.3 Å². The summed E-state index contributed by atoms with van der Waals surface area (Å²) >= 11 is 19.2. The Hall–Kier alpha value is -1.59. The number of halogens is 3. The molecule has 0 unspecified atom stereocenters. The molecule has 0 fully saturated rings. The van der Waals surface area contributed by atoms with Gasteiger partial charge >= 0.3 is 0 Å². The maximum absolute atomic E-state index is 12.3. The molecule has 1 N–H and O–H groups in total. The van der Waals surface area contributed by atoms with Crippen molar-refractivity contribution >= 4 is 57.2 Å². The van der Waals surface area contributed by atoms with Crippen molar-refractivity contribution in [3.63, 3.8) is 0 Å². The zero-order valence-corrected chi connectivity index (χ0v) is 15.3. The van der Waals surface area contributed by atoms with E-state index in [4.69, 9.17) is 34.8 Å². The molecule has 3 nitrogen and oxygen atoms in total. The summed E-state index contributed by atoms with van der Waals surface area (Å²) in [6, 6.07) is 12.4. The highest BCUT2D eigenvalue weighted by Crippen LogP contribution is 2.25. The Kier molecular flexibility index (Phi) is 5.41. The number of carbonyl (C=O) groups excluding carboxylic acids is 1. The van der Waals surface area contributed by atoms with Crippen LogP contribution in [0, 0.1) is 0 Å². The Balaban J connectivity index is 1.69. The summed E-state index contributed by atoms with van der Waals surface area (Å²) in [4.78, 5) is 17.5. The van der Waals surface area contributed by atoms with Crippen LogP contribution in [-0.4, -0.2) is 10.9 Å². The predicted octanol–water partition coefficient (Wildman–Crippen LogP) is 5.95. The largest absolute Gasteiger partial charge is 0.298 e. The lowest BCUT2D eigenvalue weighted by atomic mass is 10.1. The summed E-state index contributed by atoms with van der Waals surface area (Å²) in [5.41, 5.74) is 1.48. The number of benzene rings is 2. The van der Waals surface area contributed by atoms with Gasteiger partial charge in [0, 0.05) is 27.5 Å². The van der Waals surface area contributed by atoms with Crippen LogP contribution >= 0.6 is 46.1 Å². The number of anilines is 1. The SMILES string of the molecule is O=C(Nc1ncc(Cc2ccc(Cl)cc2)s1)c1ccc(Cl)cc1Cl. The van der Waals surface area contributed by atoms with E-state index in [1.54, 1.807) is 18.3 Å². The van der Waals surface area contributed by atoms with E-state index >= 15 is 0 Å². The van der Waals surface area contributed by atoms with Gasteiger partial charge in [-0.1, -0.05) is 46.9 Å². The number of amides is 1. The summed E-state index contributed by atoms with van der Waals surface area (Å²) in [6.45, 7) is 0. The molecule has 0 spiro atoms. The van der Waals surface area contributed by atoms with Crippen molar-refractivity contribution in [1.82, 2.24) is 4.98 Å². The van der Waals surface area contributed by atoms with Gasteiger partial charge in [0.2, 0.25) is 0 Å². The smallest absolute Gasteiger partial charge is 0.258 e. The average Bonchev–Trinajstić information content (AvgIpc) is 2.96. The van der Waals surface area contributed by atoms with Crippen molar-refractivity contribution in [3.05, 3.63) is 79.7 Å². The van der Waals surface area contributed by atoms with Crippen LogP contribution in [0.4, 0.5) is 5.13 Å². The summed E-state index contributed by atoms with van der Waals surface area (Å²) in [6.07, 6.45) is 2.48. The Labute approximate surface area is 158 Å². The molecule has 0 saturated heterocycles. The van der Waals surface area contributed by atoms with Crippen molar-refractivity contribution in [2.45, 2.75) is 6.42 Å². The lowest BCUT2D eigenvalue weighted by molar-refractivity contribution is 0.102. The fourth-order valence-electron chi connectivity index (χ4n) is 2.09. The fourth-order valence-corrected chi connectivity index (χ4v) is 3.55.